The molecule has 1 fully saturated rings. The van der Waals surface area contributed by atoms with E-state index in [4.69, 9.17) is 0 Å². The van der Waals surface area contributed by atoms with Crippen molar-refractivity contribution in [1.82, 2.24) is 20.1 Å². The first-order valence-corrected chi connectivity index (χ1v) is 19.8. The van der Waals surface area contributed by atoms with Crippen LogP contribution in [-0.4, -0.2) is 100 Å². The molecule has 1 aromatic heterocycles. The quantitative estimate of drug-likeness (QED) is 0.0619. The number of aliphatic hydroxyl groups is 1. The third-order valence-electron chi connectivity index (χ3n) is 10.7. The number of phenols is 1. The topological polar surface area (TPSA) is 179 Å². The van der Waals surface area contributed by atoms with Crippen LogP contribution in [0.1, 0.15) is 49.3 Å². The molecule has 13 heteroatoms. The lowest BCUT2D eigenvalue weighted by molar-refractivity contribution is -0.130. The second kappa shape index (κ2) is 19.9. The molecule has 0 bridgehead atoms. The van der Waals surface area contributed by atoms with Crippen molar-refractivity contribution in [3.8, 4) is 16.9 Å². The summed E-state index contributed by atoms with van der Waals surface area (Å²) in [5.41, 5.74) is 4.78. The zero-order chi connectivity index (χ0) is 41.0. The number of aliphatic hydroxyl groups excluding tert-OH is 1. The van der Waals surface area contributed by atoms with E-state index in [1.165, 1.54) is 17.0 Å². The number of nitrogens with zero attached hydrogens (tertiary/aromatic N) is 3. The minimum absolute atomic E-state index is 0.00747. The fourth-order valence-corrected chi connectivity index (χ4v) is 7.61. The molecular weight excluding hydrogens is 737 g/mol. The molecule has 1 saturated heterocycles. The Hall–Kier alpha value is -6.02. The Balaban J connectivity index is 0.877. The van der Waals surface area contributed by atoms with Crippen molar-refractivity contribution in [3.05, 3.63) is 125 Å². The number of carbonyl (C=O) groups is 3. The molecule has 304 valence electrons. The molecule has 0 unspecified atom stereocenters. The molecule has 0 radical (unpaired) electrons. The van der Waals surface area contributed by atoms with Crippen LogP contribution < -0.4 is 21.1 Å². The Morgan fingerprint density at radius 3 is 2.45 bits per heavy atom. The van der Waals surface area contributed by atoms with Crippen molar-refractivity contribution in [3.63, 3.8) is 0 Å². The van der Waals surface area contributed by atoms with Gasteiger partial charge in [0.2, 0.25) is 17.4 Å². The number of nitrogens with one attached hydrogen (secondary N) is 3. The lowest BCUT2D eigenvalue weighted by Gasteiger charge is -2.38. The van der Waals surface area contributed by atoms with Crippen LogP contribution in [0.4, 0.5) is 16.2 Å². The van der Waals surface area contributed by atoms with Crippen molar-refractivity contribution >= 4 is 40.2 Å². The van der Waals surface area contributed by atoms with Crippen LogP contribution in [0.5, 0.6) is 5.75 Å². The molecule has 0 saturated carbocycles. The third-order valence-corrected chi connectivity index (χ3v) is 10.7. The number of benzene rings is 4. The highest BCUT2D eigenvalue weighted by Gasteiger charge is 2.31. The van der Waals surface area contributed by atoms with Gasteiger partial charge in [0.1, 0.15) is 5.75 Å². The van der Waals surface area contributed by atoms with Crippen LogP contribution in [0.3, 0.4) is 0 Å². The maximum atomic E-state index is 13.0. The molecule has 0 aliphatic carbocycles. The number of rotatable bonds is 17. The van der Waals surface area contributed by atoms with E-state index in [1.807, 2.05) is 78.9 Å². The van der Waals surface area contributed by atoms with Gasteiger partial charge in [-0.3, -0.25) is 19.3 Å². The van der Waals surface area contributed by atoms with Gasteiger partial charge in [-0.1, -0.05) is 66.7 Å². The number of phenolic OH excluding ortho intramolecular Hbond substituents is 1. The van der Waals surface area contributed by atoms with Crippen LogP contribution in [0.15, 0.2) is 108 Å². The molecule has 0 spiro atoms. The van der Waals surface area contributed by atoms with Crippen molar-refractivity contribution in [2.45, 2.75) is 50.7 Å². The number of piperidine rings is 1. The Morgan fingerprint density at radius 1 is 0.914 bits per heavy atom. The largest absolute Gasteiger partial charge is 0.506 e. The Bertz CT molecular complexity index is 2240. The number of anilines is 2. The van der Waals surface area contributed by atoms with E-state index in [0.717, 1.165) is 16.7 Å². The summed E-state index contributed by atoms with van der Waals surface area (Å²) < 4.78 is 0. The number of hydrogen-bond donors (Lipinski definition) is 6. The van der Waals surface area contributed by atoms with E-state index >= 15 is 0 Å². The lowest BCUT2D eigenvalue weighted by atomic mass is 9.98. The second-order valence-electron chi connectivity index (χ2n) is 14.8. The molecule has 3 amide bonds. The highest BCUT2D eigenvalue weighted by atomic mass is 16.4. The average Bonchev–Trinajstić information content (AvgIpc) is 3.22. The van der Waals surface area contributed by atoms with Crippen LogP contribution in [0.2, 0.25) is 0 Å². The highest BCUT2D eigenvalue weighted by molar-refractivity contribution is 5.93. The zero-order valence-electron chi connectivity index (χ0n) is 32.8. The number of hydrogen-bond acceptors (Lipinski definition) is 8. The number of likely N-dealkylation sites (tertiary alicyclic amines) is 1. The summed E-state index contributed by atoms with van der Waals surface area (Å²) in [5.74, 6) is -0.183. The molecule has 13 nitrogen and oxygen atoms in total. The van der Waals surface area contributed by atoms with Gasteiger partial charge in [-0.25, -0.2) is 4.79 Å². The van der Waals surface area contributed by atoms with E-state index in [2.05, 4.69) is 20.5 Å². The molecule has 6 N–H and O–H groups in total. The van der Waals surface area contributed by atoms with Crippen molar-refractivity contribution in [2.75, 3.05) is 56.5 Å². The molecule has 6 rings (SSSR count). The number of fused-ring (bicyclic) bond motifs is 1. The lowest BCUT2D eigenvalue weighted by Crippen LogP contribution is -2.48. The summed E-state index contributed by atoms with van der Waals surface area (Å²) in [6.07, 6.45) is 1.32. The summed E-state index contributed by atoms with van der Waals surface area (Å²) >= 11 is 0. The molecule has 1 aliphatic heterocycles. The normalized spacial score (nSPS) is 13.9. The minimum atomic E-state index is -0.970. The molecule has 2 heterocycles. The van der Waals surface area contributed by atoms with Gasteiger partial charge in [-0.2, -0.15) is 0 Å². The van der Waals surface area contributed by atoms with Crippen LogP contribution in [0, 0.1) is 0 Å². The first-order valence-electron chi connectivity index (χ1n) is 19.8. The number of carbonyl (C=O) groups excluding carboxylic acids is 2. The van der Waals surface area contributed by atoms with E-state index in [1.54, 1.807) is 24.1 Å². The number of H-pyrrole nitrogens is 1. The summed E-state index contributed by atoms with van der Waals surface area (Å²) in [5, 5.41) is 38.0. The average molecular weight is 789 g/mol. The molecule has 4 aromatic carbocycles. The van der Waals surface area contributed by atoms with Gasteiger partial charge < -0.3 is 40.7 Å². The number of pyridine rings is 1. The monoisotopic (exact) mass is 788 g/mol. The summed E-state index contributed by atoms with van der Waals surface area (Å²) in [6, 6.07) is 30.9. The predicted octanol–water partition coefficient (Wildman–Crippen LogP) is 5.98. The van der Waals surface area contributed by atoms with Crippen molar-refractivity contribution < 1.29 is 29.7 Å². The van der Waals surface area contributed by atoms with Gasteiger partial charge >= 0.3 is 6.09 Å². The van der Waals surface area contributed by atoms with Gasteiger partial charge in [0.05, 0.1) is 17.3 Å². The maximum absolute atomic E-state index is 13.0. The predicted molar refractivity (Wildman–Crippen MR) is 226 cm³/mol. The maximum Gasteiger partial charge on any atom is 0.412 e. The van der Waals surface area contributed by atoms with Crippen molar-refractivity contribution in [2.24, 2.45) is 0 Å². The van der Waals surface area contributed by atoms with E-state index < -0.39 is 12.2 Å². The molecule has 1 aliphatic rings. The van der Waals surface area contributed by atoms with Crippen LogP contribution in [0.25, 0.3) is 22.0 Å². The Labute approximate surface area is 337 Å². The third kappa shape index (κ3) is 10.9. The van der Waals surface area contributed by atoms with E-state index in [-0.39, 0.29) is 47.6 Å². The first-order chi connectivity index (χ1) is 28.1. The van der Waals surface area contributed by atoms with Crippen LogP contribution in [-0.2, 0) is 16.0 Å². The van der Waals surface area contributed by atoms with Crippen molar-refractivity contribution in [1.29, 1.82) is 0 Å². The molecular formula is C45H52N6O7. The summed E-state index contributed by atoms with van der Waals surface area (Å²) in [6.45, 7) is 3.29. The fraction of sp³-hybridized carbons (Fsp3) is 0.333. The van der Waals surface area contributed by atoms with Gasteiger partial charge in [0, 0.05) is 81.4 Å². The number of aromatic amines is 1. The number of aromatic hydroxyl groups is 1. The first kappa shape index (κ1) is 41.6. The standard InChI is InChI=1S/C45H52N6O7/c1-49(43(56)23-28-50-26-21-34(22-27-50)51(45(57)58)38-14-6-5-13-35(38)32-10-3-2-4-11-32)25-8-15-41(54)47-33-12-7-9-31(29-33)20-24-46-30-40(53)36-16-18-39(52)44-37(36)17-19-42(55)48-44/h2-7,9-14,16-19,29,34,40,46,52-53H,8,15,20-28,30H2,1H3,(H,47,54)(H,48,55)(H,57,58)/t40-/m0/s1. The van der Waals surface area contributed by atoms with Gasteiger partial charge in [-0.15, -0.1) is 0 Å². The smallest absolute Gasteiger partial charge is 0.412 e. The number of para-hydroxylation sites is 1. The Morgan fingerprint density at radius 2 is 1.67 bits per heavy atom. The number of carboxylic acid groups (broad SMARTS) is 1. The van der Waals surface area contributed by atoms with Gasteiger partial charge in [0.15, 0.2) is 0 Å². The molecule has 1 atom stereocenters. The highest BCUT2D eigenvalue weighted by Crippen LogP contribution is 2.34. The van der Waals surface area contributed by atoms with Gasteiger partial charge in [0.25, 0.3) is 0 Å². The van der Waals surface area contributed by atoms with E-state index in [9.17, 15) is 34.5 Å². The zero-order valence-corrected chi connectivity index (χ0v) is 32.8. The second-order valence-corrected chi connectivity index (χ2v) is 14.8. The molecule has 5 aromatic rings. The SMILES string of the molecule is CN(CCCC(=O)Nc1cccc(CCNC[C@H](O)c2ccc(O)c3[nH]c(=O)ccc23)c1)C(=O)CCN1CCC(N(C(=O)O)c2ccccc2-c2ccccc2)CC1. The summed E-state index contributed by atoms with van der Waals surface area (Å²) in [7, 11) is 1.76. The number of amides is 3. The van der Waals surface area contributed by atoms with E-state index in [0.29, 0.717) is 87.2 Å². The van der Waals surface area contributed by atoms with Crippen LogP contribution >= 0.6 is 0 Å². The fourth-order valence-electron chi connectivity index (χ4n) is 7.61. The number of aromatic nitrogens is 1. The Kier molecular flexibility index (Phi) is 14.3. The van der Waals surface area contributed by atoms with Gasteiger partial charge in [-0.05, 0) is 79.3 Å². The minimum Gasteiger partial charge on any atom is -0.506 e. The molecule has 58 heavy (non-hydrogen) atoms. The summed E-state index contributed by atoms with van der Waals surface area (Å²) in [4.78, 5) is 58.0.